The lowest BCUT2D eigenvalue weighted by molar-refractivity contribution is 0.324. The van der Waals surface area contributed by atoms with Crippen LogP contribution in [0.4, 0.5) is 0 Å². The molecule has 2 nitrogen and oxygen atoms in total. The molecule has 0 heterocycles. The van der Waals surface area contributed by atoms with Crippen LogP contribution in [0.2, 0.25) is 0 Å². The van der Waals surface area contributed by atoms with Crippen LogP contribution in [0.5, 0.6) is 0 Å². The molecule has 120 valence electrons. The third kappa shape index (κ3) is 6.86. The van der Waals surface area contributed by atoms with E-state index in [1.54, 1.807) is 0 Å². The van der Waals surface area contributed by atoms with Gasteiger partial charge < -0.3 is 10.2 Å². The van der Waals surface area contributed by atoms with Gasteiger partial charge in [-0.05, 0) is 50.2 Å². The van der Waals surface area contributed by atoms with Gasteiger partial charge >= 0.3 is 0 Å². The van der Waals surface area contributed by atoms with Crippen molar-refractivity contribution in [3.63, 3.8) is 0 Å². The van der Waals surface area contributed by atoms with Gasteiger partial charge in [0.15, 0.2) is 0 Å². The lowest BCUT2D eigenvalue weighted by Gasteiger charge is -2.18. The van der Waals surface area contributed by atoms with Crippen LogP contribution in [-0.2, 0) is 0 Å². The van der Waals surface area contributed by atoms with Crippen molar-refractivity contribution in [2.75, 3.05) is 31.9 Å². The predicted octanol–water partition coefficient (Wildman–Crippen LogP) is 4.57. The van der Waals surface area contributed by atoms with Gasteiger partial charge in [-0.25, -0.2) is 0 Å². The zero-order valence-electron chi connectivity index (χ0n) is 14.2. The quantitative estimate of drug-likeness (QED) is 0.603. The van der Waals surface area contributed by atoms with Crippen LogP contribution < -0.4 is 5.32 Å². The zero-order chi connectivity index (χ0) is 15.5. The summed E-state index contributed by atoms with van der Waals surface area (Å²) in [6.07, 6.45) is 2.34. The first-order valence-corrected chi connectivity index (χ1v) is 9.42. The monoisotopic (exact) mass is 308 g/mol. The molecule has 0 aliphatic heterocycles. The van der Waals surface area contributed by atoms with E-state index < -0.39 is 0 Å². The van der Waals surface area contributed by atoms with Gasteiger partial charge in [-0.15, -0.1) is 11.8 Å². The van der Waals surface area contributed by atoms with E-state index >= 15 is 0 Å². The molecule has 0 fully saturated rings. The third-order valence-electron chi connectivity index (χ3n) is 3.90. The van der Waals surface area contributed by atoms with Crippen LogP contribution in [0.25, 0.3) is 0 Å². The van der Waals surface area contributed by atoms with E-state index in [2.05, 4.69) is 62.2 Å². The van der Waals surface area contributed by atoms with Gasteiger partial charge in [0.05, 0.1) is 0 Å². The molecule has 1 rings (SSSR count). The minimum Gasteiger partial charge on any atom is -0.310 e. The van der Waals surface area contributed by atoms with E-state index in [1.165, 1.54) is 29.2 Å². The van der Waals surface area contributed by atoms with Gasteiger partial charge in [0.1, 0.15) is 0 Å². The van der Waals surface area contributed by atoms with Crippen LogP contribution in [0.15, 0.2) is 29.2 Å². The van der Waals surface area contributed by atoms with Crippen LogP contribution in [0, 0.1) is 0 Å². The highest BCUT2D eigenvalue weighted by Gasteiger charge is 2.07. The van der Waals surface area contributed by atoms with Crippen molar-refractivity contribution in [1.29, 1.82) is 0 Å². The number of nitrogens with one attached hydrogen (secondary N) is 1. The van der Waals surface area contributed by atoms with Gasteiger partial charge in [0, 0.05) is 23.2 Å². The van der Waals surface area contributed by atoms with E-state index in [0.29, 0.717) is 6.04 Å². The molecule has 0 spiro atoms. The first kappa shape index (κ1) is 18.5. The number of hydrogen-bond acceptors (Lipinski definition) is 3. The minimum absolute atomic E-state index is 0.500. The van der Waals surface area contributed by atoms with E-state index in [9.17, 15) is 0 Å². The predicted molar refractivity (Wildman–Crippen MR) is 96.3 cm³/mol. The van der Waals surface area contributed by atoms with Crippen LogP contribution >= 0.6 is 11.8 Å². The molecule has 1 aromatic carbocycles. The van der Waals surface area contributed by atoms with E-state index in [1.807, 2.05) is 11.8 Å². The Morgan fingerprint density at radius 3 is 2.24 bits per heavy atom. The van der Waals surface area contributed by atoms with Gasteiger partial charge in [-0.1, -0.05) is 39.8 Å². The minimum atomic E-state index is 0.500. The lowest BCUT2D eigenvalue weighted by atomic mass is 10.0. The second-order valence-corrected chi connectivity index (χ2v) is 6.53. The van der Waals surface area contributed by atoms with Crippen molar-refractivity contribution >= 4 is 11.8 Å². The normalized spacial score (nSPS) is 12.8. The summed E-state index contributed by atoms with van der Waals surface area (Å²) in [5.74, 6) is 1.17. The maximum atomic E-state index is 3.61. The highest BCUT2D eigenvalue weighted by molar-refractivity contribution is 7.99. The van der Waals surface area contributed by atoms with E-state index in [-0.39, 0.29) is 0 Å². The highest BCUT2D eigenvalue weighted by Crippen LogP contribution is 2.22. The number of thioether (sulfide) groups is 1. The smallest absolute Gasteiger partial charge is 0.0317 e. The van der Waals surface area contributed by atoms with E-state index in [4.69, 9.17) is 0 Å². The van der Waals surface area contributed by atoms with Crippen LogP contribution in [0.1, 0.15) is 52.1 Å². The van der Waals surface area contributed by atoms with Gasteiger partial charge in [-0.2, -0.15) is 0 Å². The number of benzene rings is 1. The molecule has 1 atom stereocenters. The van der Waals surface area contributed by atoms with Gasteiger partial charge in [0.2, 0.25) is 0 Å². The lowest BCUT2D eigenvalue weighted by Crippen LogP contribution is -2.25. The summed E-state index contributed by atoms with van der Waals surface area (Å²) in [5, 5.41) is 3.61. The summed E-state index contributed by atoms with van der Waals surface area (Å²) in [7, 11) is 0. The number of hydrogen-bond donors (Lipinski definition) is 1. The molecule has 0 saturated carbocycles. The molecule has 3 heteroatoms. The number of rotatable bonds is 11. The first-order chi connectivity index (χ1) is 10.2. The summed E-state index contributed by atoms with van der Waals surface area (Å²) < 4.78 is 0. The molecule has 0 saturated heterocycles. The standard InChI is InChI=1S/C18H32N2S/c1-5-13-19-18(6-2)16-9-11-17(12-10-16)21-15-14-20(7-3)8-4/h9-12,18-19H,5-8,13-15H2,1-4H3. The molecule has 1 aromatic rings. The first-order valence-electron chi connectivity index (χ1n) is 8.43. The second-order valence-electron chi connectivity index (χ2n) is 5.36. The molecule has 0 radical (unpaired) electrons. The number of nitrogens with zero attached hydrogens (tertiary/aromatic N) is 1. The van der Waals surface area contributed by atoms with E-state index in [0.717, 1.165) is 26.1 Å². The summed E-state index contributed by atoms with van der Waals surface area (Å²) in [4.78, 5) is 3.86. The third-order valence-corrected chi connectivity index (χ3v) is 4.89. The molecule has 0 amide bonds. The average molecular weight is 309 g/mol. The maximum absolute atomic E-state index is 3.61. The molecule has 1 N–H and O–H groups in total. The Bertz CT molecular complexity index is 360. The SMILES string of the molecule is CCCNC(CC)c1ccc(SCCN(CC)CC)cc1. The molecule has 0 aliphatic rings. The molecule has 1 unspecified atom stereocenters. The van der Waals surface area contributed by atoms with Crippen molar-refractivity contribution in [3.05, 3.63) is 29.8 Å². The molecular formula is C18H32N2S. The fourth-order valence-electron chi connectivity index (χ4n) is 2.45. The summed E-state index contributed by atoms with van der Waals surface area (Å²) in [6.45, 7) is 13.5. The molecule has 0 bridgehead atoms. The largest absolute Gasteiger partial charge is 0.310 e. The van der Waals surface area contributed by atoms with Gasteiger partial charge in [0.25, 0.3) is 0 Å². The van der Waals surface area contributed by atoms with Crippen molar-refractivity contribution in [1.82, 2.24) is 10.2 Å². The summed E-state index contributed by atoms with van der Waals surface area (Å²) in [6, 6.07) is 9.63. The summed E-state index contributed by atoms with van der Waals surface area (Å²) in [5.41, 5.74) is 1.42. The summed E-state index contributed by atoms with van der Waals surface area (Å²) >= 11 is 1.96. The molecule has 0 aromatic heterocycles. The van der Waals surface area contributed by atoms with Crippen molar-refractivity contribution in [3.8, 4) is 0 Å². The molecular weight excluding hydrogens is 276 g/mol. The second kappa shape index (κ2) is 11.1. The van der Waals surface area contributed by atoms with Crippen molar-refractivity contribution in [2.24, 2.45) is 0 Å². The van der Waals surface area contributed by atoms with Crippen LogP contribution in [-0.4, -0.2) is 36.8 Å². The fourth-order valence-corrected chi connectivity index (χ4v) is 3.36. The Morgan fingerprint density at radius 1 is 1.05 bits per heavy atom. The van der Waals surface area contributed by atoms with Gasteiger partial charge in [-0.3, -0.25) is 0 Å². The average Bonchev–Trinajstić information content (AvgIpc) is 2.53. The Balaban J connectivity index is 2.45. The topological polar surface area (TPSA) is 15.3 Å². The Kier molecular flexibility index (Phi) is 9.81. The van der Waals surface area contributed by atoms with Crippen LogP contribution in [0.3, 0.4) is 0 Å². The Labute approximate surface area is 135 Å². The van der Waals surface area contributed by atoms with Crippen molar-refractivity contribution < 1.29 is 0 Å². The van der Waals surface area contributed by atoms with Crippen molar-refractivity contribution in [2.45, 2.75) is 51.5 Å². The molecule has 21 heavy (non-hydrogen) atoms. The maximum Gasteiger partial charge on any atom is 0.0317 e. The molecule has 0 aliphatic carbocycles. The fraction of sp³-hybridized carbons (Fsp3) is 0.667. The Hall–Kier alpha value is -0.510. The zero-order valence-corrected chi connectivity index (χ0v) is 15.0. The Morgan fingerprint density at radius 2 is 1.71 bits per heavy atom. The highest BCUT2D eigenvalue weighted by atomic mass is 32.2.